The van der Waals surface area contributed by atoms with Crippen LogP contribution in [0.1, 0.15) is 5.69 Å². The van der Waals surface area contributed by atoms with Gasteiger partial charge in [-0.25, -0.2) is 9.07 Å². The zero-order valence-corrected chi connectivity index (χ0v) is 17.8. The largest absolute Gasteiger partial charge is 0.360 e. The number of rotatable bonds is 5. The smallest absolute Gasteiger partial charge is 0.295 e. The van der Waals surface area contributed by atoms with E-state index in [0.717, 1.165) is 42.5 Å². The molecule has 0 saturated carbocycles. The number of anilines is 2. The molecule has 0 atom stereocenters. The lowest BCUT2D eigenvalue weighted by Gasteiger charge is -2.33. The van der Waals surface area contributed by atoms with Crippen LogP contribution in [0.3, 0.4) is 0 Å². The Hall–Kier alpha value is -3.39. The molecule has 0 unspecified atom stereocenters. The van der Waals surface area contributed by atoms with E-state index in [1.165, 1.54) is 12.1 Å². The summed E-state index contributed by atoms with van der Waals surface area (Å²) in [5, 5.41) is 2.84. The highest BCUT2D eigenvalue weighted by Crippen LogP contribution is 2.15. The molecule has 0 radical (unpaired) electrons. The summed E-state index contributed by atoms with van der Waals surface area (Å²) in [5.41, 5.74) is 2.53. The number of hydrogen-bond donors (Lipinski definition) is 2. The Bertz CT molecular complexity index is 1110. The molecule has 1 amide bonds. The maximum absolute atomic E-state index is 13.1. The summed E-state index contributed by atoms with van der Waals surface area (Å²) in [5.74, 6) is -0.413. The van der Waals surface area contributed by atoms with Crippen molar-refractivity contribution in [2.75, 3.05) is 42.9 Å². The predicted octanol–water partition coefficient (Wildman–Crippen LogP) is 0.967. The summed E-state index contributed by atoms with van der Waals surface area (Å²) in [7, 11) is 1.80. The zero-order chi connectivity index (χ0) is 22.0. The van der Waals surface area contributed by atoms with Gasteiger partial charge in [0, 0.05) is 12.7 Å². The number of amides is 1. The first-order chi connectivity index (χ1) is 14.9. The molecule has 0 bridgehead atoms. The number of nitrogens with one attached hydrogen (secondary N) is 2. The van der Waals surface area contributed by atoms with Crippen LogP contribution in [0.5, 0.6) is 0 Å². The molecule has 1 aromatic heterocycles. The van der Waals surface area contributed by atoms with Crippen molar-refractivity contribution in [1.29, 1.82) is 0 Å². The van der Waals surface area contributed by atoms with Gasteiger partial charge in [0.2, 0.25) is 0 Å². The fraction of sp³-hybridized carbons (Fsp3) is 0.304. The van der Waals surface area contributed by atoms with Gasteiger partial charge >= 0.3 is 0 Å². The van der Waals surface area contributed by atoms with Gasteiger partial charge in [-0.2, -0.15) is 0 Å². The Morgan fingerprint density at radius 2 is 1.68 bits per heavy atom. The first-order valence-electron chi connectivity index (χ1n) is 10.4. The normalized spacial score (nSPS) is 14.6. The second kappa shape index (κ2) is 8.77. The van der Waals surface area contributed by atoms with Crippen LogP contribution >= 0.6 is 0 Å². The van der Waals surface area contributed by atoms with Gasteiger partial charge in [-0.3, -0.25) is 14.3 Å². The van der Waals surface area contributed by atoms with E-state index in [0.29, 0.717) is 17.9 Å². The van der Waals surface area contributed by atoms with E-state index in [4.69, 9.17) is 0 Å². The van der Waals surface area contributed by atoms with Crippen LogP contribution in [0.2, 0.25) is 0 Å². The van der Waals surface area contributed by atoms with Crippen molar-refractivity contribution in [3.05, 3.63) is 76.5 Å². The van der Waals surface area contributed by atoms with Crippen molar-refractivity contribution in [1.82, 2.24) is 9.36 Å². The van der Waals surface area contributed by atoms with Crippen molar-refractivity contribution in [3.63, 3.8) is 0 Å². The number of quaternary nitrogens is 1. The van der Waals surface area contributed by atoms with Gasteiger partial charge in [-0.15, -0.1) is 0 Å². The third-order valence-corrected chi connectivity index (χ3v) is 5.89. The molecule has 4 rings (SSSR count). The second-order valence-corrected chi connectivity index (χ2v) is 7.87. The SMILES string of the molecule is Cc1c(NC(=O)C[NH+]2CCN(c3ccc(F)cc3)CC2)c(=O)n(-c2ccccc2)n1C. The molecule has 2 heterocycles. The van der Waals surface area contributed by atoms with Crippen LogP contribution in [0.25, 0.3) is 5.69 Å². The maximum atomic E-state index is 13.1. The maximum Gasteiger partial charge on any atom is 0.295 e. The monoisotopic (exact) mass is 424 g/mol. The van der Waals surface area contributed by atoms with Gasteiger partial charge in [-0.1, -0.05) is 18.2 Å². The van der Waals surface area contributed by atoms with Crippen LogP contribution in [-0.2, 0) is 11.8 Å². The van der Waals surface area contributed by atoms with Crippen molar-refractivity contribution in [3.8, 4) is 5.69 Å². The fourth-order valence-electron chi connectivity index (χ4n) is 4.03. The van der Waals surface area contributed by atoms with Gasteiger partial charge in [0.1, 0.15) is 11.5 Å². The Labute approximate surface area is 180 Å². The molecule has 0 aliphatic carbocycles. The highest BCUT2D eigenvalue weighted by molar-refractivity contribution is 5.91. The van der Waals surface area contributed by atoms with Crippen LogP contribution in [-0.4, -0.2) is 48.0 Å². The lowest BCUT2D eigenvalue weighted by atomic mass is 10.2. The molecule has 31 heavy (non-hydrogen) atoms. The van der Waals surface area contributed by atoms with E-state index < -0.39 is 0 Å². The van der Waals surface area contributed by atoms with E-state index in [1.807, 2.05) is 37.3 Å². The number of hydrogen-bond acceptors (Lipinski definition) is 3. The lowest BCUT2D eigenvalue weighted by Crippen LogP contribution is -3.15. The van der Waals surface area contributed by atoms with E-state index in [9.17, 15) is 14.0 Å². The molecule has 1 saturated heterocycles. The van der Waals surface area contributed by atoms with Gasteiger partial charge in [0.15, 0.2) is 6.54 Å². The number of para-hydroxylation sites is 1. The zero-order valence-electron chi connectivity index (χ0n) is 17.8. The quantitative estimate of drug-likeness (QED) is 0.642. The minimum absolute atomic E-state index is 0.170. The Morgan fingerprint density at radius 1 is 1.03 bits per heavy atom. The molecule has 3 aromatic rings. The summed E-state index contributed by atoms with van der Waals surface area (Å²) in [6, 6.07) is 15.8. The molecule has 0 spiro atoms. The Balaban J connectivity index is 1.39. The number of halogens is 1. The molecule has 2 aromatic carbocycles. The van der Waals surface area contributed by atoms with Crippen LogP contribution in [0, 0.1) is 12.7 Å². The third-order valence-electron chi connectivity index (χ3n) is 5.89. The lowest BCUT2D eigenvalue weighted by molar-refractivity contribution is -0.892. The molecular formula is C23H27FN5O2+. The van der Waals surface area contributed by atoms with Crippen molar-refractivity contribution < 1.29 is 14.1 Å². The average molecular weight is 425 g/mol. The molecule has 1 fully saturated rings. The minimum Gasteiger partial charge on any atom is -0.360 e. The molecule has 7 nitrogen and oxygen atoms in total. The van der Waals surface area contributed by atoms with Crippen LogP contribution in [0.4, 0.5) is 15.8 Å². The molecule has 2 N–H and O–H groups in total. The van der Waals surface area contributed by atoms with Crippen molar-refractivity contribution in [2.24, 2.45) is 7.05 Å². The fourth-order valence-corrected chi connectivity index (χ4v) is 4.03. The average Bonchev–Trinajstić information content (AvgIpc) is 2.98. The van der Waals surface area contributed by atoms with Crippen LogP contribution in [0.15, 0.2) is 59.4 Å². The molecule has 162 valence electrons. The van der Waals surface area contributed by atoms with Crippen LogP contribution < -0.4 is 20.7 Å². The van der Waals surface area contributed by atoms with Gasteiger partial charge < -0.3 is 15.1 Å². The molecule has 8 heteroatoms. The first kappa shape index (κ1) is 20.9. The first-order valence-corrected chi connectivity index (χ1v) is 10.4. The molecule has 1 aliphatic rings. The molecular weight excluding hydrogens is 397 g/mol. The van der Waals surface area contributed by atoms with E-state index in [-0.39, 0.29) is 17.3 Å². The topological polar surface area (TPSA) is 63.7 Å². The van der Waals surface area contributed by atoms with E-state index in [1.54, 1.807) is 28.5 Å². The number of aromatic nitrogens is 2. The number of carbonyl (C=O) groups is 1. The summed E-state index contributed by atoms with van der Waals surface area (Å²) in [4.78, 5) is 29.0. The summed E-state index contributed by atoms with van der Waals surface area (Å²) in [6.45, 7) is 5.31. The van der Waals surface area contributed by atoms with Gasteiger partial charge in [-0.05, 0) is 43.3 Å². The predicted molar refractivity (Wildman–Crippen MR) is 119 cm³/mol. The Kier molecular flexibility index (Phi) is 5.90. The van der Waals surface area contributed by atoms with E-state index >= 15 is 0 Å². The molecule has 1 aliphatic heterocycles. The van der Waals surface area contributed by atoms with Crippen molar-refractivity contribution in [2.45, 2.75) is 6.92 Å². The highest BCUT2D eigenvalue weighted by atomic mass is 19.1. The third kappa shape index (κ3) is 4.39. The highest BCUT2D eigenvalue weighted by Gasteiger charge is 2.24. The second-order valence-electron chi connectivity index (χ2n) is 7.87. The number of nitrogens with zero attached hydrogens (tertiary/aromatic N) is 3. The number of piperazine rings is 1. The van der Waals surface area contributed by atoms with Gasteiger partial charge in [0.05, 0.1) is 37.6 Å². The number of carbonyl (C=O) groups excluding carboxylic acids is 1. The van der Waals surface area contributed by atoms with E-state index in [2.05, 4.69) is 10.2 Å². The van der Waals surface area contributed by atoms with Gasteiger partial charge in [0.25, 0.3) is 11.5 Å². The standard InChI is InChI=1S/C23H26FN5O2/c1-17-22(23(31)29(26(17)2)20-6-4-3-5-7-20)25-21(30)16-27-12-14-28(15-13-27)19-10-8-18(24)9-11-19/h3-11H,12-16H2,1-2H3,(H,25,30)/p+1. The Morgan fingerprint density at radius 3 is 2.32 bits per heavy atom. The van der Waals surface area contributed by atoms with Crippen molar-refractivity contribution >= 4 is 17.3 Å². The minimum atomic E-state index is -0.243. The summed E-state index contributed by atoms with van der Waals surface area (Å²) in [6.07, 6.45) is 0. The number of benzene rings is 2. The summed E-state index contributed by atoms with van der Waals surface area (Å²) < 4.78 is 16.4. The summed E-state index contributed by atoms with van der Waals surface area (Å²) >= 11 is 0.